The van der Waals surface area contributed by atoms with Crippen molar-refractivity contribution >= 4 is 23.3 Å². The van der Waals surface area contributed by atoms with E-state index < -0.39 is 5.97 Å². The molecule has 134 valence electrons. The summed E-state index contributed by atoms with van der Waals surface area (Å²) in [4.78, 5) is 31.3. The standard InChI is InChI=1S/C21H22N2O3/c1-14(2)12-19(24)26-22-20-17-6-4-5-7-18(17)23(21(20)25)13-16-10-8-15(3)9-11-16/h4-11,14H,12-13H2,1-3H3/b22-20-. The summed E-state index contributed by atoms with van der Waals surface area (Å²) in [6.07, 6.45) is 0.264. The predicted octanol–water partition coefficient (Wildman–Crippen LogP) is 3.84. The second-order valence-electron chi connectivity index (χ2n) is 6.90. The summed E-state index contributed by atoms with van der Waals surface area (Å²) in [6, 6.07) is 15.5. The molecule has 1 aliphatic rings. The molecule has 0 aliphatic carbocycles. The summed E-state index contributed by atoms with van der Waals surface area (Å²) in [5.41, 5.74) is 3.82. The third kappa shape index (κ3) is 3.82. The molecule has 1 heterocycles. The first-order chi connectivity index (χ1) is 12.5. The van der Waals surface area contributed by atoms with E-state index >= 15 is 0 Å². The Balaban J connectivity index is 1.86. The lowest BCUT2D eigenvalue weighted by molar-refractivity contribution is -0.144. The maximum atomic E-state index is 12.9. The minimum atomic E-state index is -0.435. The highest BCUT2D eigenvalue weighted by molar-refractivity contribution is 6.54. The Bertz CT molecular complexity index is 854. The van der Waals surface area contributed by atoms with Crippen LogP contribution in [-0.4, -0.2) is 17.6 Å². The molecule has 0 atom stereocenters. The summed E-state index contributed by atoms with van der Waals surface area (Å²) < 4.78 is 0. The van der Waals surface area contributed by atoms with Crippen LogP contribution in [0.4, 0.5) is 5.69 Å². The van der Waals surface area contributed by atoms with Crippen LogP contribution >= 0.6 is 0 Å². The van der Waals surface area contributed by atoms with Crippen LogP contribution in [0.5, 0.6) is 0 Å². The van der Waals surface area contributed by atoms with E-state index in [1.807, 2.05) is 69.3 Å². The van der Waals surface area contributed by atoms with Crippen LogP contribution in [-0.2, 0) is 21.0 Å². The molecule has 0 saturated heterocycles. The Hall–Kier alpha value is -2.95. The largest absolute Gasteiger partial charge is 0.335 e. The molecule has 0 bridgehead atoms. The molecule has 0 unspecified atom stereocenters. The van der Waals surface area contributed by atoms with Gasteiger partial charge in [-0.15, -0.1) is 0 Å². The van der Waals surface area contributed by atoms with Crippen LogP contribution in [0.2, 0.25) is 0 Å². The van der Waals surface area contributed by atoms with E-state index in [2.05, 4.69) is 5.16 Å². The monoisotopic (exact) mass is 350 g/mol. The molecule has 0 radical (unpaired) electrons. The lowest BCUT2D eigenvalue weighted by Gasteiger charge is -2.16. The van der Waals surface area contributed by atoms with Gasteiger partial charge in [-0.2, -0.15) is 0 Å². The zero-order chi connectivity index (χ0) is 18.7. The highest BCUT2D eigenvalue weighted by atomic mass is 16.7. The fourth-order valence-corrected chi connectivity index (χ4v) is 2.85. The lowest BCUT2D eigenvalue weighted by atomic mass is 10.1. The Kier molecular flexibility index (Phi) is 5.16. The van der Waals surface area contributed by atoms with Crippen LogP contribution in [0.15, 0.2) is 53.7 Å². The smallest absolute Gasteiger partial charge is 0.317 e. The Morgan fingerprint density at radius 3 is 2.50 bits per heavy atom. The van der Waals surface area contributed by atoms with Crippen LogP contribution in [0, 0.1) is 12.8 Å². The van der Waals surface area contributed by atoms with E-state index in [0.717, 1.165) is 11.3 Å². The topological polar surface area (TPSA) is 59.0 Å². The van der Waals surface area contributed by atoms with Gasteiger partial charge in [0, 0.05) is 5.56 Å². The van der Waals surface area contributed by atoms with Crippen molar-refractivity contribution in [2.24, 2.45) is 11.1 Å². The number of hydrogen-bond acceptors (Lipinski definition) is 4. The predicted molar refractivity (Wildman–Crippen MR) is 101 cm³/mol. The molecule has 0 fully saturated rings. The van der Waals surface area contributed by atoms with Gasteiger partial charge in [-0.1, -0.05) is 67.0 Å². The number of fused-ring (bicyclic) bond motifs is 1. The van der Waals surface area contributed by atoms with Crippen molar-refractivity contribution in [3.05, 3.63) is 65.2 Å². The number of aryl methyl sites for hydroxylation is 1. The van der Waals surface area contributed by atoms with E-state index in [0.29, 0.717) is 12.1 Å². The number of rotatable bonds is 5. The molecule has 0 spiro atoms. The normalized spacial score (nSPS) is 14.8. The molecule has 26 heavy (non-hydrogen) atoms. The van der Waals surface area contributed by atoms with Crippen LogP contribution in [0.1, 0.15) is 37.0 Å². The summed E-state index contributed by atoms with van der Waals surface area (Å²) in [5, 5.41) is 3.88. The summed E-state index contributed by atoms with van der Waals surface area (Å²) in [7, 11) is 0. The van der Waals surface area contributed by atoms with Gasteiger partial charge in [0.05, 0.1) is 18.7 Å². The molecule has 2 aromatic carbocycles. The summed E-state index contributed by atoms with van der Waals surface area (Å²) >= 11 is 0. The Morgan fingerprint density at radius 2 is 1.81 bits per heavy atom. The SMILES string of the molecule is Cc1ccc(CN2C(=O)/C(=N\OC(=O)CC(C)C)c3ccccc32)cc1. The highest BCUT2D eigenvalue weighted by Crippen LogP contribution is 2.30. The molecule has 3 rings (SSSR count). The molecule has 0 aromatic heterocycles. The minimum Gasteiger partial charge on any atom is -0.317 e. The van der Waals surface area contributed by atoms with Gasteiger partial charge in [0.25, 0.3) is 5.91 Å². The van der Waals surface area contributed by atoms with Gasteiger partial charge in [-0.05, 0) is 24.5 Å². The molecule has 0 saturated carbocycles. The third-order valence-corrected chi connectivity index (χ3v) is 4.17. The number of oxime groups is 1. The third-order valence-electron chi connectivity index (χ3n) is 4.17. The average Bonchev–Trinajstić information content (AvgIpc) is 2.86. The number of nitrogens with zero attached hydrogens (tertiary/aromatic N) is 2. The molecule has 0 N–H and O–H groups in total. The fraction of sp³-hybridized carbons (Fsp3) is 0.286. The van der Waals surface area contributed by atoms with E-state index in [1.54, 1.807) is 4.90 Å². The Morgan fingerprint density at radius 1 is 1.12 bits per heavy atom. The number of carbonyl (C=O) groups is 2. The molecule has 2 aromatic rings. The van der Waals surface area contributed by atoms with Gasteiger partial charge in [0.1, 0.15) is 0 Å². The average molecular weight is 350 g/mol. The molecule has 5 nitrogen and oxygen atoms in total. The first-order valence-electron chi connectivity index (χ1n) is 8.70. The maximum Gasteiger partial charge on any atom is 0.335 e. The zero-order valence-corrected chi connectivity index (χ0v) is 15.2. The number of anilines is 1. The van der Waals surface area contributed by atoms with E-state index in [1.165, 1.54) is 5.56 Å². The molecular formula is C21H22N2O3. The first-order valence-corrected chi connectivity index (χ1v) is 8.70. The van der Waals surface area contributed by atoms with E-state index in [4.69, 9.17) is 4.84 Å². The van der Waals surface area contributed by atoms with Gasteiger partial charge in [-0.25, -0.2) is 4.79 Å². The fourth-order valence-electron chi connectivity index (χ4n) is 2.85. The van der Waals surface area contributed by atoms with Crippen molar-refractivity contribution in [2.75, 3.05) is 4.90 Å². The molecule has 1 aliphatic heterocycles. The van der Waals surface area contributed by atoms with Gasteiger partial charge >= 0.3 is 5.97 Å². The Labute approximate surface area is 153 Å². The second kappa shape index (κ2) is 7.52. The second-order valence-corrected chi connectivity index (χ2v) is 6.90. The number of benzene rings is 2. The quantitative estimate of drug-likeness (QED) is 0.608. The van der Waals surface area contributed by atoms with E-state index in [9.17, 15) is 9.59 Å². The van der Waals surface area contributed by atoms with Gasteiger partial charge in [0.15, 0.2) is 5.71 Å². The molecule has 5 heteroatoms. The van der Waals surface area contributed by atoms with Crippen molar-refractivity contribution in [3.8, 4) is 0 Å². The highest BCUT2D eigenvalue weighted by Gasteiger charge is 2.34. The van der Waals surface area contributed by atoms with Crippen molar-refractivity contribution < 1.29 is 14.4 Å². The number of hydrogen-bond donors (Lipinski definition) is 0. The number of carbonyl (C=O) groups excluding carboxylic acids is 2. The molecular weight excluding hydrogens is 328 g/mol. The molecule has 1 amide bonds. The van der Waals surface area contributed by atoms with Crippen LogP contribution < -0.4 is 4.90 Å². The number of para-hydroxylation sites is 1. The maximum absolute atomic E-state index is 12.9. The van der Waals surface area contributed by atoms with Gasteiger partial charge in [0.2, 0.25) is 0 Å². The minimum absolute atomic E-state index is 0.171. The van der Waals surface area contributed by atoms with Gasteiger partial charge < -0.3 is 9.74 Å². The van der Waals surface area contributed by atoms with E-state index in [-0.39, 0.29) is 24.0 Å². The van der Waals surface area contributed by atoms with Crippen molar-refractivity contribution in [1.29, 1.82) is 0 Å². The lowest BCUT2D eigenvalue weighted by Crippen LogP contribution is -2.29. The summed E-state index contributed by atoms with van der Waals surface area (Å²) in [5.74, 6) is -0.522. The van der Waals surface area contributed by atoms with Gasteiger partial charge in [-0.3, -0.25) is 4.79 Å². The van der Waals surface area contributed by atoms with Crippen molar-refractivity contribution in [1.82, 2.24) is 0 Å². The van der Waals surface area contributed by atoms with Crippen LogP contribution in [0.3, 0.4) is 0 Å². The summed E-state index contributed by atoms with van der Waals surface area (Å²) in [6.45, 7) is 6.31. The number of amides is 1. The van der Waals surface area contributed by atoms with Crippen molar-refractivity contribution in [3.63, 3.8) is 0 Å². The first kappa shape index (κ1) is 17.9. The van der Waals surface area contributed by atoms with Crippen LogP contribution in [0.25, 0.3) is 0 Å². The van der Waals surface area contributed by atoms with Crippen molar-refractivity contribution in [2.45, 2.75) is 33.7 Å². The zero-order valence-electron chi connectivity index (χ0n) is 15.2.